The molecular weight excluding hydrogens is 352 g/mol. The summed E-state index contributed by atoms with van der Waals surface area (Å²) in [5, 5.41) is 3.50. The molecule has 3 aromatic rings. The number of fused-ring (bicyclic) bond motifs is 1. The van der Waals surface area contributed by atoms with E-state index >= 15 is 0 Å². The van der Waals surface area contributed by atoms with Gasteiger partial charge >= 0.3 is 0 Å². The predicted octanol–water partition coefficient (Wildman–Crippen LogP) is 4.99. The van der Waals surface area contributed by atoms with Crippen LogP contribution in [0.3, 0.4) is 0 Å². The van der Waals surface area contributed by atoms with Crippen LogP contribution in [0.2, 0.25) is 10.0 Å². The molecule has 7 heteroatoms. The molecule has 1 aromatic carbocycles. The van der Waals surface area contributed by atoms with Crippen molar-refractivity contribution in [3.8, 4) is 0 Å². The van der Waals surface area contributed by atoms with Gasteiger partial charge in [-0.1, -0.05) is 36.5 Å². The average molecular weight is 366 g/mol. The maximum absolute atomic E-state index is 13.6. The van der Waals surface area contributed by atoms with Crippen molar-refractivity contribution in [3.05, 3.63) is 63.8 Å². The fourth-order valence-corrected chi connectivity index (χ4v) is 2.78. The monoisotopic (exact) mass is 365 g/mol. The van der Waals surface area contributed by atoms with Crippen LogP contribution in [0.5, 0.6) is 0 Å². The van der Waals surface area contributed by atoms with E-state index in [2.05, 4.69) is 10.3 Å². The first kappa shape index (κ1) is 16.7. The number of anilines is 1. The van der Waals surface area contributed by atoms with E-state index in [1.54, 1.807) is 24.3 Å². The fourth-order valence-electron chi connectivity index (χ4n) is 2.48. The number of carbonyl (C=O) groups excluding carboxylic acids is 1. The summed E-state index contributed by atoms with van der Waals surface area (Å²) >= 11 is 11.8. The minimum absolute atomic E-state index is 0.317. The first-order chi connectivity index (χ1) is 11.5. The van der Waals surface area contributed by atoms with Gasteiger partial charge in [-0.3, -0.25) is 9.20 Å². The van der Waals surface area contributed by atoms with Crippen LogP contribution in [0.1, 0.15) is 29.5 Å². The summed E-state index contributed by atoms with van der Waals surface area (Å²) in [5.74, 6) is -0.818. The Kier molecular flexibility index (Phi) is 4.73. The zero-order valence-electron chi connectivity index (χ0n) is 12.8. The second-order valence-corrected chi connectivity index (χ2v) is 6.13. The van der Waals surface area contributed by atoms with E-state index in [1.807, 2.05) is 6.92 Å². The van der Waals surface area contributed by atoms with Crippen molar-refractivity contribution in [1.29, 1.82) is 0 Å². The molecule has 0 aliphatic carbocycles. The predicted molar refractivity (Wildman–Crippen MR) is 93.6 cm³/mol. The number of benzene rings is 1. The Hall–Kier alpha value is -2.11. The zero-order chi connectivity index (χ0) is 17.3. The Balaban J connectivity index is 2.02. The topological polar surface area (TPSA) is 46.4 Å². The van der Waals surface area contributed by atoms with Crippen molar-refractivity contribution in [1.82, 2.24) is 9.38 Å². The van der Waals surface area contributed by atoms with Gasteiger partial charge in [0.25, 0.3) is 5.91 Å². The van der Waals surface area contributed by atoms with E-state index in [-0.39, 0.29) is 5.91 Å². The normalized spacial score (nSPS) is 11.0. The Morgan fingerprint density at radius 2 is 2.04 bits per heavy atom. The number of hydrogen-bond donors (Lipinski definition) is 1. The van der Waals surface area contributed by atoms with E-state index in [0.29, 0.717) is 39.2 Å². The minimum Gasteiger partial charge on any atom is -0.321 e. The van der Waals surface area contributed by atoms with Gasteiger partial charge in [0.05, 0.1) is 15.7 Å². The van der Waals surface area contributed by atoms with Crippen LogP contribution in [0.15, 0.2) is 36.5 Å². The van der Waals surface area contributed by atoms with E-state index in [1.165, 1.54) is 16.7 Å². The molecule has 4 nitrogen and oxygen atoms in total. The number of nitrogens with one attached hydrogen (secondary N) is 1. The highest BCUT2D eigenvalue weighted by Crippen LogP contribution is 2.26. The number of amides is 1. The number of rotatable bonds is 4. The molecule has 0 saturated heterocycles. The summed E-state index contributed by atoms with van der Waals surface area (Å²) in [6, 6.07) is 7.67. The summed E-state index contributed by atoms with van der Waals surface area (Å²) < 4.78 is 15.1. The highest BCUT2D eigenvalue weighted by atomic mass is 35.5. The van der Waals surface area contributed by atoms with E-state index in [4.69, 9.17) is 23.2 Å². The number of aryl methyl sites for hydroxylation is 1. The number of hydrogen-bond acceptors (Lipinski definition) is 2. The summed E-state index contributed by atoms with van der Waals surface area (Å²) in [6.07, 6.45) is 2.69. The van der Waals surface area contributed by atoms with Gasteiger partial charge in [-0.05, 0) is 36.8 Å². The molecule has 1 N–H and O–H groups in total. The zero-order valence-corrected chi connectivity index (χ0v) is 14.3. The van der Waals surface area contributed by atoms with Crippen LogP contribution in [0.25, 0.3) is 5.65 Å². The second-order valence-electron chi connectivity index (χ2n) is 5.32. The molecule has 0 radical (unpaired) electrons. The van der Waals surface area contributed by atoms with Crippen LogP contribution in [-0.2, 0) is 6.42 Å². The second kappa shape index (κ2) is 6.79. The smallest absolute Gasteiger partial charge is 0.274 e. The average Bonchev–Trinajstić information content (AvgIpc) is 2.88. The van der Waals surface area contributed by atoms with Crippen molar-refractivity contribution in [2.75, 3.05) is 5.32 Å². The molecule has 1 amide bonds. The van der Waals surface area contributed by atoms with Crippen molar-refractivity contribution < 1.29 is 9.18 Å². The lowest BCUT2D eigenvalue weighted by Gasteiger charge is -2.08. The van der Waals surface area contributed by atoms with Gasteiger partial charge in [0.1, 0.15) is 17.2 Å². The fraction of sp³-hybridized carbons (Fsp3) is 0.176. The summed E-state index contributed by atoms with van der Waals surface area (Å²) in [6.45, 7) is 1.99. The molecule has 0 atom stereocenters. The molecule has 0 unspecified atom stereocenters. The van der Waals surface area contributed by atoms with Crippen LogP contribution in [0.4, 0.5) is 10.1 Å². The van der Waals surface area contributed by atoms with Crippen LogP contribution < -0.4 is 5.32 Å². The van der Waals surface area contributed by atoms with E-state index < -0.39 is 5.82 Å². The van der Waals surface area contributed by atoms with Crippen molar-refractivity contribution in [2.24, 2.45) is 0 Å². The number of pyridine rings is 1. The molecule has 0 fully saturated rings. The van der Waals surface area contributed by atoms with Gasteiger partial charge in [-0.2, -0.15) is 0 Å². The molecule has 0 spiro atoms. The highest BCUT2D eigenvalue weighted by Gasteiger charge is 2.19. The first-order valence-corrected chi connectivity index (χ1v) is 8.18. The van der Waals surface area contributed by atoms with Crippen LogP contribution in [-0.4, -0.2) is 15.3 Å². The van der Waals surface area contributed by atoms with Gasteiger partial charge in [-0.25, -0.2) is 9.37 Å². The number of carbonyl (C=O) groups is 1. The lowest BCUT2D eigenvalue weighted by molar-refractivity contribution is 0.102. The Morgan fingerprint density at radius 1 is 1.25 bits per heavy atom. The minimum atomic E-state index is -0.438. The molecule has 3 rings (SSSR count). The van der Waals surface area contributed by atoms with Gasteiger partial charge < -0.3 is 5.32 Å². The molecule has 2 heterocycles. The van der Waals surface area contributed by atoms with Crippen LogP contribution >= 0.6 is 23.2 Å². The molecule has 0 bridgehead atoms. The quantitative estimate of drug-likeness (QED) is 0.708. The molecular formula is C17H14Cl2FN3O. The SMILES string of the molecule is CCCc1nc2ccc(F)cn2c1C(=O)Nc1ccc(Cl)c(Cl)c1. The molecule has 124 valence electrons. The Bertz CT molecular complexity index is 924. The summed E-state index contributed by atoms with van der Waals surface area (Å²) in [5.41, 5.74) is 1.97. The number of imidazole rings is 1. The summed E-state index contributed by atoms with van der Waals surface area (Å²) in [4.78, 5) is 17.1. The number of aromatic nitrogens is 2. The van der Waals surface area contributed by atoms with Crippen molar-refractivity contribution >= 4 is 40.4 Å². The molecule has 0 aliphatic heterocycles. The van der Waals surface area contributed by atoms with E-state index in [0.717, 1.165) is 6.42 Å². The van der Waals surface area contributed by atoms with Gasteiger partial charge in [0, 0.05) is 11.9 Å². The number of nitrogens with zero attached hydrogens (tertiary/aromatic N) is 2. The van der Waals surface area contributed by atoms with Crippen molar-refractivity contribution in [3.63, 3.8) is 0 Å². The molecule has 0 saturated carbocycles. The third-order valence-corrected chi connectivity index (χ3v) is 4.27. The third kappa shape index (κ3) is 3.23. The Morgan fingerprint density at radius 3 is 2.75 bits per heavy atom. The third-order valence-electron chi connectivity index (χ3n) is 3.53. The van der Waals surface area contributed by atoms with E-state index in [9.17, 15) is 9.18 Å². The number of halogens is 3. The maximum atomic E-state index is 13.6. The Labute approximate surface area is 148 Å². The first-order valence-electron chi connectivity index (χ1n) is 7.42. The molecule has 24 heavy (non-hydrogen) atoms. The molecule has 2 aromatic heterocycles. The maximum Gasteiger partial charge on any atom is 0.274 e. The lowest BCUT2D eigenvalue weighted by atomic mass is 10.2. The molecule has 0 aliphatic rings. The van der Waals surface area contributed by atoms with Crippen LogP contribution in [0, 0.1) is 5.82 Å². The highest BCUT2D eigenvalue weighted by molar-refractivity contribution is 6.42. The largest absolute Gasteiger partial charge is 0.321 e. The van der Waals surface area contributed by atoms with Gasteiger partial charge in [-0.15, -0.1) is 0 Å². The summed E-state index contributed by atoms with van der Waals surface area (Å²) in [7, 11) is 0. The van der Waals surface area contributed by atoms with Gasteiger partial charge in [0.2, 0.25) is 0 Å². The lowest BCUT2D eigenvalue weighted by Crippen LogP contribution is -2.16. The van der Waals surface area contributed by atoms with Gasteiger partial charge in [0.15, 0.2) is 0 Å². The van der Waals surface area contributed by atoms with Crippen molar-refractivity contribution in [2.45, 2.75) is 19.8 Å². The standard InChI is InChI=1S/C17H14Cl2FN3O/c1-2-3-14-16(23-9-10(20)4-7-15(23)22-14)17(24)21-11-5-6-12(18)13(19)8-11/h4-9H,2-3H2,1H3,(H,21,24).